The van der Waals surface area contributed by atoms with Crippen molar-refractivity contribution < 1.29 is 0 Å². The Morgan fingerprint density at radius 3 is 2.68 bits per heavy atom. The average molecular weight is 260 g/mol. The third-order valence-corrected chi connectivity index (χ3v) is 4.27. The van der Waals surface area contributed by atoms with Crippen LogP contribution in [0.3, 0.4) is 0 Å². The fourth-order valence-electron chi connectivity index (χ4n) is 2.79. The van der Waals surface area contributed by atoms with Gasteiger partial charge in [-0.25, -0.2) is 0 Å². The molecular weight excluding hydrogens is 232 g/mol. The number of nitrogens with zero attached hydrogens (tertiary/aromatic N) is 1. The number of rotatable bonds is 5. The Hall–Kier alpha value is -0.860. The van der Waals surface area contributed by atoms with Crippen LogP contribution in [-0.2, 0) is 6.42 Å². The van der Waals surface area contributed by atoms with Crippen molar-refractivity contribution in [3.05, 3.63) is 35.9 Å². The molecule has 106 valence electrons. The number of hydrogen-bond acceptors (Lipinski definition) is 2. The zero-order valence-electron chi connectivity index (χ0n) is 12.7. The largest absolute Gasteiger partial charge is 0.311 e. The van der Waals surface area contributed by atoms with Gasteiger partial charge >= 0.3 is 0 Å². The fraction of sp³-hybridized carbons (Fsp3) is 0.647. The molecule has 2 heteroatoms. The van der Waals surface area contributed by atoms with Crippen molar-refractivity contribution in [2.75, 3.05) is 26.2 Å². The van der Waals surface area contributed by atoms with Crippen molar-refractivity contribution in [3.8, 4) is 0 Å². The molecule has 1 fully saturated rings. The molecule has 1 atom stereocenters. The van der Waals surface area contributed by atoms with Gasteiger partial charge in [-0.2, -0.15) is 0 Å². The summed E-state index contributed by atoms with van der Waals surface area (Å²) in [6.45, 7) is 11.8. The van der Waals surface area contributed by atoms with Gasteiger partial charge in [0.1, 0.15) is 0 Å². The molecule has 1 saturated heterocycles. The highest BCUT2D eigenvalue weighted by Gasteiger charge is 2.24. The molecule has 0 aromatic heterocycles. The Balaban J connectivity index is 1.87. The van der Waals surface area contributed by atoms with Crippen LogP contribution in [0.1, 0.15) is 32.8 Å². The summed E-state index contributed by atoms with van der Waals surface area (Å²) < 4.78 is 0. The van der Waals surface area contributed by atoms with Gasteiger partial charge in [0.05, 0.1) is 0 Å². The maximum Gasteiger partial charge on any atom is 0.0235 e. The minimum Gasteiger partial charge on any atom is -0.311 e. The number of nitrogens with one attached hydrogen (secondary N) is 1. The van der Waals surface area contributed by atoms with Crippen LogP contribution in [0.15, 0.2) is 30.3 Å². The van der Waals surface area contributed by atoms with E-state index in [0.29, 0.717) is 11.5 Å². The minimum absolute atomic E-state index is 0.439. The Kier molecular flexibility index (Phi) is 5.00. The van der Waals surface area contributed by atoms with Gasteiger partial charge in [-0.1, -0.05) is 51.1 Å². The smallest absolute Gasteiger partial charge is 0.0235 e. The summed E-state index contributed by atoms with van der Waals surface area (Å²) in [6, 6.07) is 11.4. The van der Waals surface area contributed by atoms with E-state index in [-0.39, 0.29) is 0 Å². The lowest BCUT2D eigenvalue weighted by molar-refractivity contribution is 0.134. The first-order valence-corrected chi connectivity index (χ1v) is 7.59. The summed E-state index contributed by atoms with van der Waals surface area (Å²) in [5.41, 5.74) is 1.88. The molecule has 0 aliphatic carbocycles. The third-order valence-electron chi connectivity index (χ3n) is 4.27. The summed E-state index contributed by atoms with van der Waals surface area (Å²) in [4.78, 5) is 2.63. The van der Waals surface area contributed by atoms with E-state index in [9.17, 15) is 0 Å². The van der Waals surface area contributed by atoms with Crippen molar-refractivity contribution in [1.82, 2.24) is 10.2 Å². The van der Waals surface area contributed by atoms with E-state index in [1.807, 2.05) is 0 Å². The minimum atomic E-state index is 0.439. The summed E-state index contributed by atoms with van der Waals surface area (Å²) >= 11 is 0. The third kappa shape index (κ3) is 4.63. The normalized spacial score (nSPS) is 21.5. The van der Waals surface area contributed by atoms with Crippen LogP contribution in [0, 0.1) is 5.41 Å². The fourth-order valence-corrected chi connectivity index (χ4v) is 2.79. The highest BCUT2D eigenvalue weighted by atomic mass is 15.2. The lowest BCUT2D eigenvalue weighted by Gasteiger charge is -2.38. The van der Waals surface area contributed by atoms with Crippen molar-refractivity contribution >= 4 is 0 Å². The molecule has 0 amide bonds. The number of hydrogen-bond donors (Lipinski definition) is 1. The Bertz CT molecular complexity index is 372. The predicted octanol–water partition coefficient (Wildman–Crippen LogP) is 2.94. The van der Waals surface area contributed by atoms with Gasteiger partial charge in [-0.15, -0.1) is 0 Å². The maximum atomic E-state index is 3.66. The van der Waals surface area contributed by atoms with E-state index in [4.69, 9.17) is 0 Å². The SMILES string of the molecule is CCC(C)(C)CN1CCNC(Cc2ccccc2)C1. The molecule has 1 heterocycles. The molecule has 1 N–H and O–H groups in total. The predicted molar refractivity (Wildman–Crippen MR) is 82.4 cm³/mol. The molecule has 2 nitrogen and oxygen atoms in total. The van der Waals surface area contributed by atoms with Gasteiger partial charge in [-0.3, -0.25) is 4.90 Å². The van der Waals surface area contributed by atoms with Gasteiger partial charge in [0.15, 0.2) is 0 Å². The molecule has 0 spiro atoms. The first-order valence-electron chi connectivity index (χ1n) is 7.59. The van der Waals surface area contributed by atoms with Crippen molar-refractivity contribution in [1.29, 1.82) is 0 Å². The second-order valence-corrected chi connectivity index (χ2v) is 6.59. The summed E-state index contributed by atoms with van der Waals surface area (Å²) in [7, 11) is 0. The van der Waals surface area contributed by atoms with E-state index in [2.05, 4.69) is 61.3 Å². The molecular formula is C17H28N2. The van der Waals surface area contributed by atoms with Crippen LogP contribution in [0.5, 0.6) is 0 Å². The Labute approximate surface area is 118 Å². The van der Waals surface area contributed by atoms with E-state index >= 15 is 0 Å². The molecule has 1 aromatic rings. The summed E-state index contributed by atoms with van der Waals surface area (Å²) in [5.74, 6) is 0. The highest BCUT2D eigenvalue weighted by molar-refractivity contribution is 5.16. The van der Waals surface area contributed by atoms with E-state index < -0.39 is 0 Å². The molecule has 1 aliphatic heterocycles. The second-order valence-electron chi connectivity index (χ2n) is 6.59. The van der Waals surface area contributed by atoms with E-state index in [1.165, 1.54) is 31.6 Å². The molecule has 0 bridgehead atoms. The molecule has 0 saturated carbocycles. The molecule has 1 aliphatic rings. The molecule has 1 aromatic carbocycles. The van der Waals surface area contributed by atoms with Gasteiger partial charge in [-0.05, 0) is 23.8 Å². The molecule has 0 radical (unpaired) electrons. The first kappa shape index (κ1) is 14.5. The van der Waals surface area contributed by atoms with Gasteiger partial charge in [0, 0.05) is 32.2 Å². The quantitative estimate of drug-likeness (QED) is 0.875. The Morgan fingerprint density at radius 1 is 1.26 bits per heavy atom. The maximum absolute atomic E-state index is 3.66. The van der Waals surface area contributed by atoms with Crippen molar-refractivity contribution in [3.63, 3.8) is 0 Å². The monoisotopic (exact) mass is 260 g/mol. The summed E-state index contributed by atoms with van der Waals surface area (Å²) in [5, 5.41) is 3.66. The molecule has 19 heavy (non-hydrogen) atoms. The van der Waals surface area contributed by atoms with Crippen LogP contribution in [-0.4, -0.2) is 37.1 Å². The number of benzene rings is 1. The highest BCUT2D eigenvalue weighted by Crippen LogP contribution is 2.22. The number of piperazine rings is 1. The zero-order chi connectivity index (χ0) is 13.7. The average Bonchev–Trinajstić information content (AvgIpc) is 2.40. The molecule has 1 unspecified atom stereocenters. The zero-order valence-corrected chi connectivity index (χ0v) is 12.7. The van der Waals surface area contributed by atoms with Crippen LogP contribution >= 0.6 is 0 Å². The standard InChI is InChI=1S/C17H28N2/c1-4-17(2,3)14-19-11-10-18-16(13-19)12-15-8-6-5-7-9-15/h5-9,16,18H,4,10-14H2,1-3H3. The van der Waals surface area contributed by atoms with Gasteiger partial charge in [0.25, 0.3) is 0 Å². The lowest BCUT2D eigenvalue weighted by atomic mass is 9.89. The lowest BCUT2D eigenvalue weighted by Crippen LogP contribution is -2.53. The Morgan fingerprint density at radius 2 is 2.00 bits per heavy atom. The van der Waals surface area contributed by atoms with Crippen LogP contribution in [0.25, 0.3) is 0 Å². The van der Waals surface area contributed by atoms with Crippen molar-refractivity contribution in [2.45, 2.75) is 39.7 Å². The van der Waals surface area contributed by atoms with Crippen LogP contribution < -0.4 is 5.32 Å². The summed E-state index contributed by atoms with van der Waals surface area (Å²) in [6.07, 6.45) is 2.39. The van der Waals surface area contributed by atoms with Crippen LogP contribution in [0.4, 0.5) is 0 Å². The second kappa shape index (κ2) is 6.53. The van der Waals surface area contributed by atoms with Gasteiger partial charge in [0.2, 0.25) is 0 Å². The van der Waals surface area contributed by atoms with Gasteiger partial charge < -0.3 is 5.32 Å². The van der Waals surface area contributed by atoms with Crippen molar-refractivity contribution in [2.24, 2.45) is 5.41 Å². The van der Waals surface area contributed by atoms with E-state index in [1.54, 1.807) is 0 Å². The van der Waals surface area contributed by atoms with E-state index in [0.717, 1.165) is 13.0 Å². The van der Waals surface area contributed by atoms with Crippen LogP contribution in [0.2, 0.25) is 0 Å². The molecule has 2 rings (SSSR count). The topological polar surface area (TPSA) is 15.3 Å². The first-order chi connectivity index (χ1) is 9.09.